The van der Waals surface area contributed by atoms with Crippen molar-refractivity contribution in [1.82, 2.24) is 0 Å². The van der Waals surface area contributed by atoms with Gasteiger partial charge in [0.05, 0.1) is 6.17 Å². The summed E-state index contributed by atoms with van der Waals surface area (Å²) in [6.07, 6.45) is 0.352. The van der Waals surface area contributed by atoms with E-state index in [2.05, 4.69) is 13.8 Å². The number of rotatable bonds is 3. The Morgan fingerprint density at radius 2 is 1.56 bits per heavy atom. The van der Waals surface area contributed by atoms with Crippen LogP contribution in [0.3, 0.4) is 0 Å². The summed E-state index contributed by atoms with van der Waals surface area (Å²) in [5, 5.41) is 0. The summed E-state index contributed by atoms with van der Waals surface area (Å²) in [4.78, 5) is 0. The summed E-state index contributed by atoms with van der Waals surface area (Å²) < 4.78 is 12.5. The van der Waals surface area contributed by atoms with E-state index >= 15 is 0 Å². The van der Waals surface area contributed by atoms with Crippen LogP contribution >= 0.6 is 0 Å². The zero-order valence-electron chi connectivity index (χ0n) is 6.82. The molecule has 0 rings (SSSR count). The molecule has 0 aromatic rings. The largest absolute Gasteiger partial charge is 0.248 e. The van der Waals surface area contributed by atoms with Crippen LogP contribution in [0.5, 0.6) is 0 Å². The fourth-order valence-corrected chi connectivity index (χ4v) is 0.931. The number of hydrogen-bond acceptors (Lipinski definition) is 0. The Kier molecular flexibility index (Phi) is 3.83. The molecule has 2 atom stereocenters. The Labute approximate surface area is 57.5 Å². The van der Waals surface area contributed by atoms with Crippen LogP contribution in [-0.2, 0) is 0 Å². The lowest BCUT2D eigenvalue weighted by molar-refractivity contribution is 0.235. The van der Waals surface area contributed by atoms with Gasteiger partial charge < -0.3 is 0 Å². The van der Waals surface area contributed by atoms with Crippen molar-refractivity contribution in [3.05, 3.63) is 0 Å². The van der Waals surface area contributed by atoms with Crippen molar-refractivity contribution < 1.29 is 4.39 Å². The molecule has 0 heterocycles. The molecule has 56 valence electrons. The molecular weight excluding hydrogens is 115 g/mol. The highest BCUT2D eigenvalue weighted by Crippen LogP contribution is 2.16. The molecule has 0 aromatic carbocycles. The first-order valence-electron chi connectivity index (χ1n) is 3.68. The Morgan fingerprint density at radius 3 is 1.67 bits per heavy atom. The van der Waals surface area contributed by atoms with Gasteiger partial charge >= 0.3 is 0 Å². The molecule has 0 amide bonds. The maximum atomic E-state index is 12.5. The third kappa shape index (κ3) is 4.43. The standard InChI is InChI=1S/C8H17F/c1-6(2)5-7(3)8(4)9/h6-8H,5H2,1-4H3/t7-,8-/m1/s1. The molecular formula is C8H17F. The highest BCUT2D eigenvalue weighted by atomic mass is 19.1. The van der Waals surface area contributed by atoms with E-state index in [1.807, 2.05) is 6.92 Å². The first-order chi connectivity index (χ1) is 4.04. The van der Waals surface area contributed by atoms with Gasteiger partial charge in [0.1, 0.15) is 0 Å². The second-order valence-corrected chi connectivity index (χ2v) is 3.28. The van der Waals surface area contributed by atoms with Crippen LogP contribution in [0, 0.1) is 11.8 Å². The number of alkyl halides is 1. The fraction of sp³-hybridized carbons (Fsp3) is 1.00. The van der Waals surface area contributed by atoms with Crippen molar-refractivity contribution >= 4 is 0 Å². The lowest BCUT2D eigenvalue weighted by Crippen LogP contribution is -2.10. The summed E-state index contributed by atoms with van der Waals surface area (Å²) in [7, 11) is 0. The second kappa shape index (κ2) is 3.86. The quantitative estimate of drug-likeness (QED) is 0.553. The Hall–Kier alpha value is -0.0700. The second-order valence-electron chi connectivity index (χ2n) is 3.28. The average Bonchev–Trinajstić information content (AvgIpc) is 1.63. The van der Waals surface area contributed by atoms with Crippen LogP contribution in [0.4, 0.5) is 4.39 Å². The monoisotopic (exact) mass is 132 g/mol. The summed E-state index contributed by atoms with van der Waals surface area (Å²) in [5.41, 5.74) is 0. The SMILES string of the molecule is CC(C)C[C@@H](C)[C@@H](C)F. The summed E-state index contributed by atoms with van der Waals surface area (Å²) in [6, 6.07) is 0. The maximum absolute atomic E-state index is 12.5. The molecule has 0 N–H and O–H groups in total. The minimum Gasteiger partial charge on any atom is -0.248 e. The first kappa shape index (κ1) is 8.93. The van der Waals surface area contributed by atoms with E-state index in [0.29, 0.717) is 5.92 Å². The molecule has 9 heavy (non-hydrogen) atoms. The van der Waals surface area contributed by atoms with Gasteiger partial charge in [-0.25, -0.2) is 4.39 Å². The van der Waals surface area contributed by atoms with Crippen LogP contribution in [0.25, 0.3) is 0 Å². The maximum Gasteiger partial charge on any atom is 0.0999 e. The van der Waals surface area contributed by atoms with Gasteiger partial charge in [0, 0.05) is 0 Å². The van der Waals surface area contributed by atoms with Crippen LogP contribution in [0.15, 0.2) is 0 Å². The average molecular weight is 132 g/mol. The molecule has 0 aromatic heterocycles. The summed E-state index contributed by atoms with van der Waals surface area (Å²) >= 11 is 0. The van der Waals surface area contributed by atoms with E-state index in [0.717, 1.165) is 6.42 Å². The van der Waals surface area contributed by atoms with Crippen molar-refractivity contribution in [3.8, 4) is 0 Å². The normalized spacial score (nSPS) is 18.0. The molecule has 0 spiro atoms. The predicted molar refractivity (Wildman–Crippen MR) is 39.2 cm³/mol. The van der Waals surface area contributed by atoms with Crippen LogP contribution in [0.1, 0.15) is 34.1 Å². The van der Waals surface area contributed by atoms with Gasteiger partial charge in [-0.05, 0) is 25.2 Å². The van der Waals surface area contributed by atoms with Crippen molar-refractivity contribution in [2.45, 2.75) is 40.3 Å². The van der Waals surface area contributed by atoms with Crippen LogP contribution in [0.2, 0.25) is 0 Å². The van der Waals surface area contributed by atoms with Gasteiger partial charge in [-0.15, -0.1) is 0 Å². The number of hydrogen-bond donors (Lipinski definition) is 0. The topological polar surface area (TPSA) is 0 Å². The van der Waals surface area contributed by atoms with Crippen LogP contribution < -0.4 is 0 Å². The highest BCUT2D eigenvalue weighted by molar-refractivity contribution is 4.60. The molecule has 0 bridgehead atoms. The fourth-order valence-electron chi connectivity index (χ4n) is 0.931. The van der Waals surface area contributed by atoms with Crippen molar-refractivity contribution in [3.63, 3.8) is 0 Å². The minimum absolute atomic E-state index is 0.227. The molecule has 0 fully saturated rings. The Bertz CT molecular complexity index is 67.0. The van der Waals surface area contributed by atoms with Crippen LogP contribution in [-0.4, -0.2) is 6.17 Å². The van der Waals surface area contributed by atoms with Crippen molar-refractivity contribution in [2.75, 3.05) is 0 Å². The smallest absolute Gasteiger partial charge is 0.0999 e. The molecule has 0 saturated carbocycles. The molecule has 0 nitrogen and oxygen atoms in total. The molecule has 0 aliphatic rings. The highest BCUT2D eigenvalue weighted by Gasteiger charge is 2.11. The Morgan fingerprint density at radius 1 is 1.11 bits per heavy atom. The van der Waals surface area contributed by atoms with E-state index in [1.165, 1.54) is 0 Å². The van der Waals surface area contributed by atoms with Gasteiger partial charge in [0.25, 0.3) is 0 Å². The molecule has 0 unspecified atom stereocenters. The van der Waals surface area contributed by atoms with E-state index in [-0.39, 0.29) is 5.92 Å². The van der Waals surface area contributed by atoms with E-state index in [9.17, 15) is 4.39 Å². The predicted octanol–water partition coefficient (Wildman–Crippen LogP) is 3.03. The van der Waals surface area contributed by atoms with Gasteiger partial charge in [0.15, 0.2) is 0 Å². The van der Waals surface area contributed by atoms with E-state index < -0.39 is 6.17 Å². The van der Waals surface area contributed by atoms with Gasteiger partial charge in [-0.1, -0.05) is 20.8 Å². The van der Waals surface area contributed by atoms with Gasteiger partial charge in [-0.2, -0.15) is 0 Å². The zero-order chi connectivity index (χ0) is 7.44. The third-order valence-corrected chi connectivity index (χ3v) is 1.63. The van der Waals surface area contributed by atoms with Gasteiger partial charge in [-0.3, -0.25) is 0 Å². The number of halogens is 1. The molecule has 0 radical (unpaired) electrons. The molecule has 1 heteroatoms. The third-order valence-electron chi connectivity index (χ3n) is 1.63. The van der Waals surface area contributed by atoms with Crippen molar-refractivity contribution in [2.24, 2.45) is 11.8 Å². The molecule has 0 saturated heterocycles. The zero-order valence-corrected chi connectivity index (χ0v) is 6.82. The van der Waals surface area contributed by atoms with Crippen molar-refractivity contribution in [1.29, 1.82) is 0 Å². The summed E-state index contributed by atoms with van der Waals surface area (Å²) in [5.74, 6) is 0.850. The minimum atomic E-state index is -0.646. The lowest BCUT2D eigenvalue weighted by atomic mass is 9.96. The molecule has 0 aliphatic carbocycles. The van der Waals surface area contributed by atoms with E-state index in [4.69, 9.17) is 0 Å². The summed E-state index contributed by atoms with van der Waals surface area (Å²) in [6.45, 7) is 7.84. The lowest BCUT2D eigenvalue weighted by Gasteiger charge is -2.14. The first-order valence-corrected chi connectivity index (χ1v) is 3.68. The van der Waals surface area contributed by atoms with Gasteiger partial charge in [0.2, 0.25) is 0 Å². The molecule has 0 aliphatic heterocycles. The van der Waals surface area contributed by atoms with E-state index in [1.54, 1.807) is 6.92 Å². The Balaban J connectivity index is 3.38.